The molecule has 1 rings (SSSR count). The number of halogens is 1. The molecule has 0 saturated heterocycles. The van der Waals surface area contributed by atoms with Crippen molar-refractivity contribution in [3.05, 3.63) is 28.8 Å². The van der Waals surface area contributed by atoms with E-state index in [0.717, 1.165) is 30.2 Å². The number of nitrogens with zero attached hydrogens (tertiary/aromatic N) is 1. The zero-order valence-electron chi connectivity index (χ0n) is 10.3. The van der Waals surface area contributed by atoms with Crippen LogP contribution in [0.1, 0.15) is 32.8 Å². The van der Waals surface area contributed by atoms with Crippen molar-refractivity contribution in [2.24, 2.45) is 0 Å². The van der Waals surface area contributed by atoms with Crippen LogP contribution < -0.4 is 5.73 Å². The monoisotopic (exact) mass is 240 g/mol. The molecule has 0 aliphatic rings. The van der Waals surface area contributed by atoms with Crippen LogP contribution in [-0.2, 0) is 6.54 Å². The first-order chi connectivity index (χ1) is 7.56. The summed E-state index contributed by atoms with van der Waals surface area (Å²) < 4.78 is 0. The molecule has 90 valence electrons. The summed E-state index contributed by atoms with van der Waals surface area (Å²) in [5, 5.41) is 0.718. The molecule has 0 aliphatic carbocycles. The number of benzene rings is 1. The smallest absolute Gasteiger partial charge is 0.0429 e. The van der Waals surface area contributed by atoms with Crippen molar-refractivity contribution in [2.45, 2.75) is 39.8 Å². The molecule has 0 heterocycles. The van der Waals surface area contributed by atoms with Crippen LogP contribution in [0.5, 0.6) is 0 Å². The Bertz CT molecular complexity index is 318. The lowest BCUT2D eigenvalue weighted by molar-refractivity contribution is 0.206. The molecule has 1 aromatic rings. The van der Waals surface area contributed by atoms with E-state index in [1.165, 1.54) is 5.56 Å². The van der Waals surface area contributed by atoms with Gasteiger partial charge in [0.25, 0.3) is 0 Å². The zero-order valence-corrected chi connectivity index (χ0v) is 11.1. The summed E-state index contributed by atoms with van der Waals surface area (Å²) in [5.41, 5.74) is 7.71. The van der Waals surface area contributed by atoms with Gasteiger partial charge in [-0.05, 0) is 43.7 Å². The van der Waals surface area contributed by atoms with Crippen molar-refractivity contribution in [1.29, 1.82) is 0 Å². The molecular weight excluding hydrogens is 220 g/mol. The first-order valence-corrected chi connectivity index (χ1v) is 6.23. The number of nitrogens with two attached hydrogens (primary N) is 1. The number of rotatable bonds is 5. The molecule has 0 amide bonds. The summed E-state index contributed by atoms with van der Waals surface area (Å²) in [6, 6.07) is 6.36. The van der Waals surface area contributed by atoms with Crippen LogP contribution in [0.4, 0.5) is 5.69 Å². The molecule has 1 aromatic carbocycles. The molecule has 0 aliphatic heterocycles. The summed E-state index contributed by atoms with van der Waals surface area (Å²) in [6.45, 7) is 8.59. The SMILES string of the molecule is CCC(C)N(CC)Cc1cc(N)cc(Cl)c1. The van der Waals surface area contributed by atoms with Crippen LogP contribution in [0.2, 0.25) is 5.02 Å². The normalized spacial score (nSPS) is 13.1. The Balaban J connectivity index is 2.77. The zero-order chi connectivity index (χ0) is 12.1. The standard InChI is InChI=1S/C13H21ClN2/c1-4-10(3)16(5-2)9-11-6-12(14)8-13(15)7-11/h6-8,10H,4-5,9,15H2,1-3H3. The Morgan fingerprint density at radius 3 is 2.50 bits per heavy atom. The molecule has 16 heavy (non-hydrogen) atoms. The molecule has 0 aromatic heterocycles. The first-order valence-electron chi connectivity index (χ1n) is 5.85. The Kier molecular flexibility index (Phi) is 5.10. The topological polar surface area (TPSA) is 29.3 Å². The van der Waals surface area contributed by atoms with E-state index in [9.17, 15) is 0 Å². The van der Waals surface area contributed by atoms with Crippen molar-refractivity contribution in [3.8, 4) is 0 Å². The molecule has 0 saturated carbocycles. The van der Waals surface area contributed by atoms with E-state index in [-0.39, 0.29) is 0 Å². The summed E-state index contributed by atoms with van der Waals surface area (Å²) in [6.07, 6.45) is 1.16. The highest BCUT2D eigenvalue weighted by Crippen LogP contribution is 2.19. The second-order valence-electron chi connectivity index (χ2n) is 4.21. The van der Waals surface area contributed by atoms with Gasteiger partial charge in [0.05, 0.1) is 0 Å². The number of anilines is 1. The maximum Gasteiger partial charge on any atom is 0.0429 e. The summed E-state index contributed by atoms with van der Waals surface area (Å²) in [5.74, 6) is 0. The van der Waals surface area contributed by atoms with Crippen molar-refractivity contribution in [1.82, 2.24) is 4.90 Å². The van der Waals surface area contributed by atoms with Crippen LogP contribution in [0.15, 0.2) is 18.2 Å². The minimum absolute atomic E-state index is 0.588. The Hall–Kier alpha value is -0.730. The maximum atomic E-state index is 5.99. The van der Waals surface area contributed by atoms with E-state index in [4.69, 9.17) is 17.3 Å². The molecule has 1 unspecified atom stereocenters. The fourth-order valence-corrected chi connectivity index (χ4v) is 2.10. The lowest BCUT2D eigenvalue weighted by atomic mass is 10.1. The Morgan fingerprint density at radius 2 is 2.00 bits per heavy atom. The number of hydrogen-bond donors (Lipinski definition) is 1. The predicted molar refractivity (Wildman–Crippen MR) is 71.7 cm³/mol. The molecule has 0 spiro atoms. The average Bonchev–Trinajstić information content (AvgIpc) is 2.23. The summed E-state index contributed by atoms with van der Waals surface area (Å²) >= 11 is 5.99. The Morgan fingerprint density at radius 1 is 1.31 bits per heavy atom. The quantitative estimate of drug-likeness (QED) is 0.798. The number of hydrogen-bond acceptors (Lipinski definition) is 2. The molecular formula is C13H21ClN2. The van der Waals surface area contributed by atoms with E-state index in [2.05, 4.69) is 25.7 Å². The summed E-state index contributed by atoms with van der Waals surface area (Å²) in [7, 11) is 0. The van der Waals surface area contributed by atoms with Gasteiger partial charge in [-0.15, -0.1) is 0 Å². The minimum atomic E-state index is 0.588. The highest BCUT2D eigenvalue weighted by atomic mass is 35.5. The van der Waals surface area contributed by atoms with Crippen molar-refractivity contribution < 1.29 is 0 Å². The molecule has 0 fully saturated rings. The minimum Gasteiger partial charge on any atom is -0.399 e. The third kappa shape index (κ3) is 3.69. The van der Waals surface area contributed by atoms with Gasteiger partial charge >= 0.3 is 0 Å². The fourth-order valence-electron chi connectivity index (χ4n) is 1.84. The van der Waals surface area contributed by atoms with Gasteiger partial charge in [-0.2, -0.15) is 0 Å². The van der Waals surface area contributed by atoms with Crippen molar-refractivity contribution in [3.63, 3.8) is 0 Å². The van der Waals surface area contributed by atoms with E-state index in [1.54, 1.807) is 6.07 Å². The predicted octanol–water partition coefficient (Wildman–Crippen LogP) is 3.54. The van der Waals surface area contributed by atoms with E-state index >= 15 is 0 Å². The Labute approximate surface area is 103 Å². The highest BCUT2D eigenvalue weighted by molar-refractivity contribution is 6.30. The third-order valence-electron chi connectivity index (χ3n) is 2.99. The van der Waals surface area contributed by atoms with Gasteiger partial charge in [-0.1, -0.05) is 25.4 Å². The van der Waals surface area contributed by atoms with E-state index < -0.39 is 0 Å². The fraction of sp³-hybridized carbons (Fsp3) is 0.538. The first kappa shape index (κ1) is 13.3. The van der Waals surface area contributed by atoms with Crippen LogP contribution in [0.25, 0.3) is 0 Å². The maximum absolute atomic E-state index is 5.99. The van der Waals surface area contributed by atoms with Gasteiger partial charge < -0.3 is 5.73 Å². The molecule has 0 bridgehead atoms. The van der Waals surface area contributed by atoms with Crippen LogP contribution in [0, 0.1) is 0 Å². The lowest BCUT2D eigenvalue weighted by Gasteiger charge is -2.27. The van der Waals surface area contributed by atoms with Crippen LogP contribution in [-0.4, -0.2) is 17.5 Å². The van der Waals surface area contributed by atoms with Gasteiger partial charge in [0.2, 0.25) is 0 Å². The summed E-state index contributed by atoms with van der Waals surface area (Å²) in [4.78, 5) is 2.42. The van der Waals surface area contributed by atoms with Crippen LogP contribution in [0.3, 0.4) is 0 Å². The van der Waals surface area contributed by atoms with Crippen molar-refractivity contribution >= 4 is 17.3 Å². The van der Waals surface area contributed by atoms with Gasteiger partial charge in [-0.3, -0.25) is 4.90 Å². The second-order valence-corrected chi connectivity index (χ2v) is 4.65. The van der Waals surface area contributed by atoms with Gasteiger partial charge in [0.1, 0.15) is 0 Å². The molecule has 2 N–H and O–H groups in total. The average molecular weight is 241 g/mol. The molecule has 2 nitrogen and oxygen atoms in total. The van der Waals surface area contributed by atoms with Gasteiger partial charge in [-0.25, -0.2) is 0 Å². The molecule has 1 atom stereocenters. The van der Waals surface area contributed by atoms with E-state index in [0.29, 0.717) is 6.04 Å². The second kappa shape index (κ2) is 6.12. The van der Waals surface area contributed by atoms with Crippen molar-refractivity contribution in [2.75, 3.05) is 12.3 Å². The lowest BCUT2D eigenvalue weighted by Crippen LogP contribution is -2.31. The molecule has 3 heteroatoms. The van der Waals surface area contributed by atoms with Crippen LogP contribution >= 0.6 is 11.6 Å². The van der Waals surface area contributed by atoms with E-state index in [1.807, 2.05) is 12.1 Å². The molecule has 0 radical (unpaired) electrons. The van der Waals surface area contributed by atoms with Gasteiger partial charge in [0, 0.05) is 23.3 Å². The third-order valence-corrected chi connectivity index (χ3v) is 3.20. The van der Waals surface area contributed by atoms with Gasteiger partial charge in [0.15, 0.2) is 0 Å². The number of nitrogen functional groups attached to an aromatic ring is 1. The highest BCUT2D eigenvalue weighted by Gasteiger charge is 2.10. The largest absolute Gasteiger partial charge is 0.399 e.